The van der Waals surface area contributed by atoms with Crippen LogP contribution in [-0.2, 0) is 4.79 Å². The lowest BCUT2D eigenvalue weighted by Crippen LogP contribution is -2.55. The lowest BCUT2D eigenvalue weighted by Gasteiger charge is -2.25. The number of carbonyl (C=O) groups is 1. The van der Waals surface area contributed by atoms with E-state index in [9.17, 15) is 14.9 Å². The van der Waals surface area contributed by atoms with Gasteiger partial charge in [0, 0.05) is 12.1 Å². The molecule has 1 amide bonds. The minimum atomic E-state index is -1.03. The number of primary amides is 1. The van der Waals surface area contributed by atoms with Gasteiger partial charge in [0.15, 0.2) is 0 Å². The Kier molecular flexibility index (Phi) is 4.68. The lowest BCUT2D eigenvalue weighted by molar-refractivity contribution is -0.384. The fraction of sp³-hybridized carbons (Fsp3) is 0.364. The van der Waals surface area contributed by atoms with E-state index in [0.29, 0.717) is 5.75 Å². The zero-order chi connectivity index (χ0) is 14.6. The summed E-state index contributed by atoms with van der Waals surface area (Å²) >= 11 is 5.74. The van der Waals surface area contributed by atoms with E-state index in [0.717, 1.165) is 0 Å². The largest absolute Gasteiger partial charge is 0.491 e. The summed E-state index contributed by atoms with van der Waals surface area (Å²) in [5.41, 5.74) is 4.00. The van der Waals surface area contributed by atoms with Crippen LogP contribution < -0.4 is 15.8 Å². The molecule has 1 unspecified atom stereocenters. The van der Waals surface area contributed by atoms with Crippen molar-refractivity contribution in [1.29, 1.82) is 0 Å². The molecule has 1 aromatic rings. The molecule has 0 saturated carbocycles. The molecule has 1 aromatic carbocycles. The van der Waals surface area contributed by atoms with Crippen LogP contribution in [0.2, 0.25) is 5.02 Å². The summed E-state index contributed by atoms with van der Waals surface area (Å²) in [4.78, 5) is 21.3. The van der Waals surface area contributed by atoms with Gasteiger partial charge in [-0.15, -0.1) is 0 Å². The molecule has 0 aliphatic heterocycles. The van der Waals surface area contributed by atoms with Gasteiger partial charge in [0.1, 0.15) is 22.9 Å². The van der Waals surface area contributed by atoms with Crippen molar-refractivity contribution in [2.24, 2.45) is 5.73 Å². The monoisotopic (exact) mass is 287 g/mol. The standard InChI is InChI=1S/C11H14ClN3O4/c1-11(14-2,10(13)16)6-19-7-3-4-9(15(17)18)8(12)5-7/h3-5,14H,6H2,1-2H3,(H2,13,16). The third kappa shape index (κ3) is 3.55. The van der Waals surface area contributed by atoms with Crippen molar-refractivity contribution in [1.82, 2.24) is 5.32 Å². The van der Waals surface area contributed by atoms with E-state index in [4.69, 9.17) is 22.1 Å². The summed E-state index contributed by atoms with van der Waals surface area (Å²) < 4.78 is 5.37. The number of nitrogens with two attached hydrogens (primary N) is 1. The predicted octanol–water partition coefficient (Wildman–Crippen LogP) is 1.09. The fourth-order valence-corrected chi connectivity index (χ4v) is 1.46. The number of nitro groups is 1. The van der Waals surface area contributed by atoms with Gasteiger partial charge in [0.05, 0.1) is 4.92 Å². The van der Waals surface area contributed by atoms with Gasteiger partial charge in [-0.05, 0) is 20.0 Å². The molecular formula is C11H14ClN3O4. The van der Waals surface area contributed by atoms with Crippen LogP contribution in [0, 0.1) is 10.1 Å². The average molecular weight is 288 g/mol. The highest BCUT2D eigenvalue weighted by Crippen LogP contribution is 2.28. The van der Waals surface area contributed by atoms with Gasteiger partial charge in [-0.1, -0.05) is 11.6 Å². The van der Waals surface area contributed by atoms with Crippen molar-refractivity contribution in [2.75, 3.05) is 13.7 Å². The maximum Gasteiger partial charge on any atom is 0.288 e. The highest BCUT2D eigenvalue weighted by atomic mass is 35.5. The van der Waals surface area contributed by atoms with Gasteiger partial charge in [-0.25, -0.2) is 0 Å². The first-order chi connectivity index (χ1) is 8.80. The Balaban J connectivity index is 2.82. The Morgan fingerprint density at radius 1 is 1.63 bits per heavy atom. The van der Waals surface area contributed by atoms with Crippen LogP contribution in [0.3, 0.4) is 0 Å². The number of benzene rings is 1. The summed E-state index contributed by atoms with van der Waals surface area (Å²) in [5, 5.41) is 13.3. The third-order valence-electron chi connectivity index (χ3n) is 2.74. The molecule has 7 nitrogen and oxygen atoms in total. The van der Waals surface area contributed by atoms with Crippen LogP contribution in [0.15, 0.2) is 18.2 Å². The second-order valence-electron chi connectivity index (χ2n) is 4.11. The molecule has 0 aromatic heterocycles. The number of halogens is 1. The predicted molar refractivity (Wildman–Crippen MR) is 70.3 cm³/mol. The Labute approximate surface area is 114 Å². The molecular weight excluding hydrogens is 274 g/mol. The number of carbonyl (C=O) groups excluding carboxylic acids is 1. The molecule has 0 heterocycles. The van der Waals surface area contributed by atoms with E-state index >= 15 is 0 Å². The average Bonchev–Trinajstić information content (AvgIpc) is 2.35. The molecule has 8 heteroatoms. The second kappa shape index (κ2) is 5.85. The van der Waals surface area contributed by atoms with Crippen LogP contribution in [0.1, 0.15) is 6.92 Å². The highest BCUT2D eigenvalue weighted by molar-refractivity contribution is 6.32. The number of hydrogen-bond acceptors (Lipinski definition) is 5. The van der Waals surface area contributed by atoms with E-state index in [1.54, 1.807) is 14.0 Å². The molecule has 0 aliphatic carbocycles. The molecule has 0 radical (unpaired) electrons. The summed E-state index contributed by atoms with van der Waals surface area (Å²) in [5.74, 6) is -0.249. The molecule has 104 valence electrons. The molecule has 19 heavy (non-hydrogen) atoms. The SMILES string of the molecule is CNC(C)(COc1ccc([N+](=O)[O-])c(Cl)c1)C(N)=O. The Morgan fingerprint density at radius 3 is 2.68 bits per heavy atom. The van der Waals surface area contributed by atoms with Gasteiger partial charge >= 0.3 is 0 Å². The number of nitro benzene ring substituents is 1. The topological polar surface area (TPSA) is 107 Å². The quantitative estimate of drug-likeness (QED) is 0.601. The summed E-state index contributed by atoms with van der Waals surface area (Å²) in [7, 11) is 1.58. The van der Waals surface area contributed by atoms with Crippen molar-refractivity contribution < 1.29 is 14.5 Å². The van der Waals surface area contributed by atoms with Crippen molar-refractivity contribution >= 4 is 23.2 Å². The minimum absolute atomic E-state index is 0.0209. The molecule has 0 spiro atoms. The van der Waals surface area contributed by atoms with Crippen LogP contribution in [0.4, 0.5) is 5.69 Å². The molecule has 1 atom stereocenters. The lowest BCUT2D eigenvalue weighted by atomic mass is 10.0. The zero-order valence-electron chi connectivity index (χ0n) is 10.5. The van der Waals surface area contributed by atoms with Gasteiger partial charge < -0.3 is 15.8 Å². The normalized spacial score (nSPS) is 13.6. The van der Waals surface area contributed by atoms with E-state index < -0.39 is 16.4 Å². The number of hydrogen-bond donors (Lipinski definition) is 2. The number of nitrogens with zero attached hydrogens (tertiary/aromatic N) is 1. The maximum atomic E-state index is 11.2. The number of likely N-dealkylation sites (N-methyl/N-ethyl adjacent to an activating group) is 1. The first-order valence-corrected chi connectivity index (χ1v) is 5.73. The van der Waals surface area contributed by atoms with Crippen LogP contribution in [-0.4, -0.2) is 30.0 Å². The van der Waals surface area contributed by atoms with Crippen LogP contribution >= 0.6 is 11.6 Å². The van der Waals surface area contributed by atoms with E-state index in [1.165, 1.54) is 18.2 Å². The molecule has 0 bridgehead atoms. The Morgan fingerprint density at radius 2 is 2.26 bits per heavy atom. The van der Waals surface area contributed by atoms with Gasteiger partial charge in [-0.3, -0.25) is 14.9 Å². The van der Waals surface area contributed by atoms with Crippen LogP contribution in [0.25, 0.3) is 0 Å². The fourth-order valence-electron chi connectivity index (χ4n) is 1.22. The number of amides is 1. The first kappa shape index (κ1) is 15.2. The van der Waals surface area contributed by atoms with Crippen molar-refractivity contribution in [3.8, 4) is 5.75 Å². The van der Waals surface area contributed by atoms with E-state index in [1.807, 2.05) is 0 Å². The molecule has 1 rings (SSSR count). The molecule has 0 fully saturated rings. The van der Waals surface area contributed by atoms with E-state index in [2.05, 4.69) is 5.32 Å². The number of nitrogens with one attached hydrogen (secondary N) is 1. The maximum absolute atomic E-state index is 11.2. The van der Waals surface area contributed by atoms with Crippen molar-refractivity contribution in [2.45, 2.75) is 12.5 Å². The number of rotatable bonds is 6. The van der Waals surface area contributed by atoms with Crippen LogP contribution in [0.5, 0.6) is 5.75 Å². The van der Waals surface area contributed by atoms with Gasteiger partial charge in [-0.2, -0.15) is 0 Å². The smallest absolute Gasteiger partial charge is 0.288 e. The summed E-state index contributed by atoms with van der Waals surface area (Å²) in [6.07, 6.45) is 0. The van der Waals surface area contributed by atoms with Gasteiger partial charge in [0.2, 0.25) is 5.91 Å². The summed E-state index contributed by atoms with van der Waals surface area (Å²) in [6.45, 7) is 1.56. The third-order valence-corrected chi connectivity index (χ3v) is 3.04. The van der Waals surface area contributed by atoms with Crippen molar-refractivity contribution in [3.63, 3.8) is 0 Å². The van der Waals surface area contributed by atoms with Crippen molar-refractivity contribution in [3.05, 3.63) is 33.3 Å². The molecule has 0 saturated heterocycles. The Hall–Kier alpha value is -1.86. The zero-order valence-corrected chi connectivity index (χ0v) is 11.2. The first-order valence-electron chi connectivity index (χ1n) is 5.35. The summed E-state index contributed by atoms with van der Waals surface area (Å²) in [6, 6.07) is 3.95. The molecule has 0 aliphatic rings. The number of ether oxygens (including phenoxy) is 1. The highest BCUT2D eigenvalue weighted by Gasteiger charge is 2.30. The Bertz CT molecular complexity index is 509. The molecule has 3 N–H and O–H groups in total. The second-order valence-corrected chi connectivity index (χ2v) is 4.51. The minimum Gasteiger partial charge on any atom is -0.491 e. The van der Waals surface area contributed by atoms with Gasteiger partial charge in [0.25, 0.3) is 5.69 Å². The van der Waals surface area contributed by atoms with E-state index in [-0.39, 0.29) is 17.3 Å².